The van der Waals surface area contributed by atoms with E-state index < -0.39 is 11.7 Å². The normalized spacial score (nSPS) is 17.0. The summed E-state index contributed by atoms with van der Waals surface area (Å²) in [6.07, 6.45) is 2.10. The van der Waals surface area contributed by atoms with Crippen molar-refractivity contribution in [2.45, 2.75) is 57.2 Å². The fourth-order valence-electron chi connectivity index (χ4n) is 4.02. The molecule has 1 saturated carbocycles. The van der Waals surface area contributed by atoms with Crippen LogP contribution in [0.1, 0.15) is 56.0 Å². The average molecular weight is 422 g/mol. The lowest BCUT2D eigenvalue weighted by Crippen LogP contribution is -2.46. The van der Waals surface area contributed by atoms with Crippen LogP contribution in [-0.4, -0.2) is 33.8 Å². The van der Waals surface area contributed by atoms with Crippen molar-refractivity contribution in [1.82, 2.24) is 25.4 Å². The van der Waals surface area contributed by atoms with E-state index in [-0.39, 0.29) is 5.41 Å². The van der Waals surface area contributed by atoms with Crippen molar-refractivity contribution in [2.24, 2.45) is 12.0 Å². The van der Waals surface area contributed by atoms with Gasteiger partial charge in [0.15, 0.2) is 11.8 Å². The molecule has 0 spiro atoms. The number of hydrogen-bond donors (Lipinski definition) is 2. The van der Waals surface area contributed by atoms with Crippen LogP contribution in [0.2, 0.25) is 0 Å². The minimum Gasteiger partial charge on any atom is -0.357 e. The van der Waals surface area contributed by atoms with E-state index in [1.54, 1.807) is 10.9 Å². The maximum atomic E-state index is 13.3. The van der Waals surface area contributed by atoms with Gasteiger partial charge in [-0.05, 0) is 31.4 Å². The third kappa shape index (κ3) is 5.31. The van der Waals surface area contributed by atoms with Gasteiger partial charge in [-0.25, -0.2) is 4.99 Å². The van der Waals surface area contributed by atoms with Crippen molar-refractivity contribution in [3.05, 3.63) is 47.5 Å². The molecule has 0 unspecified atom stereocenters. The molecule has 1 aliphatic rings. The van der Waals surface area contributed by atoms with E-state index in [2.05, 4.69) is 25.8 Å². The number of nitrogens with zero attached hydrogens (tertiary/aromatic N) is 4. The molecule has 164 valence electrons. The molecule has 1 heterocycles. The molecule has 6 nitrogen and oxygen atoms in total. The third-order valence-corrected chi connectivity index (χ3v) is 5.74. The van der Waals surface area contributed by atoms with E-state index in [1.807, 2.05) is 20.0 Å². The zero-order valence-corrected chi connectivity index (χ0v) is 17.5. The van der Waals surface area contributed by atoms with Gasteiger partial charge < -0.3 is 15.2 Å². The third-order valence-electron chi connectivity index (χ3n) is 5.74. The molecule has 0 amide bonds. The van der Waals surface area contributed by atoms with E-state index >= 15 is 0 Å². The first kappa shape index (κ1) is 22.1. The van der Waals surface area contributed by atoms with Gasteiger partial charge in [-0.1, -0.05) is 37.5 Å². The van der Waals surface area contributed by atoms with E-state index in [1.165, 1.54) is 12.1 Å². The predicted octanol–water partition coefficient (Wildman–Crippen LogP) is 3.79. The second-order valence-electron chi connectivity index (χ2n) is 7.83. The van der Waals surface area contributed by atoms with Crippen molar-refractivity contribution in [3.63, 3.8) is 0 Å². The van der Waals surface area contributed by atoms with E-state index in [9.17, 15) is 13.2 Å². The molecule has 1 aromatic heterocycles. The number of aliphatic imine (C=N–C) groups is 1. The SMILES string of the molecule is CCNC(=NCc1nncn1C)NCC1(c2cccc(C(F)(F)F)c2)CCCCC1. The summed E-state index contributed by atoms with van der Waals surface area (Å²) in [7, 11) is 1.86. The van der Waals surface area contributed by atoms with Crippen molar-refractivity contribution < 1.29 is 13.2 Å². The molecule has 3 rings (SSSR count). The maximum Gasteiger partial charge on any atom is 0.416 e. The largest absolute Gasteiger partial charge is 0.416 e. The zero-order valence-electron chi connectivity index (χ0n) is 17.5. The Bertz CT molecular complexity index is 852. The Balaban J connectivity index is 1.81. The van der Waals surface area contributed by atoms with Crippen molar-refractivity contribution >= 4 is 5.96 Å². The monoisotopic (exact) mass is 422 g/mol. The Morgan fingerprint density at radius 3 is 2.60 bits per heavy atom. The Morgan fingerprint density at radius 2 is 1.97 bits per heavy atom. The Labute approximate surface area is 175 Å². The van der Waals surface area contributed by atoms with Gasteiger partial charge in [0, 0.05) is 25.6 Å². The Kier molecular flexibility index (Phi) is 6.99. The van der Waals surface area contributed by atoms with Crippen LogP contribution >= 0.6 is 0 Å². The minimum absolute atomic E-state index is 0.347. The summed E-state index contributed by atoms with van der Waals surface area (Å²) >= 11 is 0. The Hall–Kier alpha value is -2.58. The number of guanidine groups is 1. The van der Waals surface area contributed by atoms with E-state index in [4.69, 9.17) is 0 Å². The van der Waals surface area contributed by atoms with Crippen LogP contribution in [-0.2, 0) is 25.2 Å². The lowest BCUT2D eigenvalue weighted by molar-refractivity contribution is -0.137. The van der Waals surface area contributed by atoms with E-state index in [0.29, 0.717) is 25.6 Å². The zero-order chi connectivity index (χ0) is 21.6. The number of aryl methyl sites for hydroxylation is 1. The smallest absolute Gasteiger partial charge is 0.357 e. The van der Waals surface area contributed by atoms with Gasteiger partial charge in [0.05, 0.1) is 5.56 Å². The molecule has 0 bridgehead atoms. The standard InChI is InChI=1S/C21H29F3N6/c1-3-25-19(26-13-18-29-28-15-30(18)2)27-14-20(10-5-4-6-11-20)16-8-7-9-17(12-16)21(22,23)24/h7-9,12,15H,3-6,10-11,13-14H2,1-2H3,(H2,25,26,27). The summed E-state index contributed by atoms with van der Waals surface area (Å²) < 4.78 is 41.7. The molecule has 0 saturated heterocycles. The number of aromatic nitrogens is 3. The average Bonchev–Trinajstić information content (AvgIpc) is 3.15. The first-order chi connectivity index (χ1) is 14.3. The lowest BCUT2D eigenvalue weighted by atomic mass is 9.69. The van der Waals surface area contributed by atoms with Crippen LogP contribution in [0.4, 0.5) is 13.2 Å². The number of alkyl halides is 3. The predicted molar refractivity (Wildman–Crippen MR) is 110 cm³/mol. The van der Waals surface area contributed by atoms with Gasteiger partial charge in [0.25, 0.3) is 0 Å². The van der Waals surface area contributed by atoms with Crippen molar-refractivity contribution in [3.8, 4) is 0 Å². The molecule has 2 aromatic rings. The highest BCUT2D eigenvalue weighted by Gasteiger charge is 2.37. The first-order valence-electron chi connectivity index (χ1n) is 10.4. The molecule has 1 aliphatic carbocycles. The van der Waals surface area contributed by atoms with Crippen LogP contribution in [0.3, 0.4) is 0 Å². The highest BCUT2D eigenvalue weighted by atomic mass is 19.4. The van der Waals surface area contributed by atoms with Crippen LogP contribution in [0.5, 0.6) is 0 Å². The topological polar surface area (TPSA) is 67.1 Å². The van der Waals surface area contributed by atoms with Gasteiger partial charge in [-0.3, -0.25) is 0 Å². The van der Waals surface area contributed by atoms with Gasteiger partial charge in [-0.2, -0.15) is 13.2 Å². The summed E-state index contributed by atoms with van der Waals surface area (Å²) in [4.78, 5) is 4.57. The van der Waals surface area contributed by atoms with Crippen molar-refractivity contribution in [1.29, 1.82) is 0 Å². The van der Waals surface area contributed by atoms with Gasteiger partial charge in [-0.15, -0.1) is 10.2 Å². The lowest BCUT2D eigenvalue weighted by Gasteiger charge is -2.38. The summed E-state index contributed by atoms with van der Waals surface area (Å²) in [6.45, 7) is 3.55. The minimum atomic E-state index is -4.34. The number of nitrogens with one attached hydrogen (secondary N) is 2. The number of benzene rings is 1. The number of hydrogen-bond acceptors (Lipinski definition) is 3. The molecule has 1 aromatic carbocycles. The molecule has 1 fully saturated rings. The fraction of sp³-hybridized carbons (Fsp3) is 0.571. The number of rotatable bonds is 6. The van der Waals surface area contributed by atoms with Gasteiger partial charge >= 0.3 is 6.18 Å². The molecule has 9 heteroatoms. The summed E-state index contributed by atoms with van der Waals surface area (Å²) in [5.74, 6) is 1.36. The summed E-state index contributed by atoms with van der Waals surface area (Å²) in [5.41, 5.74) is -0.193. The molecule has 30 heavy (non-hydrogen) atoms. The highest BCUT2D eigenvalue weighted by molar-refractivity contribution is 5.79. The van der Waals surface area contributed by atoms with Crippen LogP contribution in [0, 0.1) is 0 Å². The van der Waals surface area contributed by atoms with Crippen LogP contribution in [0.15, 0.2) is 35.6 Å². The molecule has 2 N–H and O–H groups in total. The van der Waals surface area contributed by atoms with Crippen LogP contribution in [0.25, 0.3) is 0 Å². The first-order valence-corrected chi connectivity index (χ1v) is 10.4. The molecule has 0 radical (unpaired) electrons. The van der Waals surface area contributed by atoms with Crippen molar-refractivity contribution in [2.75, 3.05) is 13.1 Å². The highest BCUT2D eigenvalue weighted by Crippen LogP contribution is 2.41. The Morgan fingerprint density at radius 1 is 1.20 bits per heavy atom. The molecule has 0 aliphatic heterocycles. The quantitative estimate of drug-likeness (QED) is 0.549. The van der Waals surface area contributed by atoms with E-state index in [0.717, 1.165) is 49.6 Å². The fourth-order valence-corrected chi connectivity index (χ4v) is 4.02. The van der Waals surface area contributed by atoms with Crippen LogP contribution < -0.4 is 10.6 Å². The van der Waals surface area contributed by atoms with Gasteiger partial charge in [0.1, 0.15) is 12.9 Å². The second kappa shape index (κ2) is 9.49. The molecular formula is C21H29F3N6. The molecular weight excluding hydrogens is 393 g/mol. The second-order valence-corrected chi connectivity index (χ2v) is 7.83. The molecule has 0 atom stereocenters. The number of halogens is 3. The maximum absolute atomic E-state index is 13.3. The van der Waals surface area contributed by atoms with Gasteiger partial charge in [0.2, 0.25) is 0 Å². The summed E-state index contributed by atoms with van der Waals surface area (Å²) in [6, 6.07) is 5.80. The summed E-state index contributed by atoms with van der Waals surface area (Å²) in [5, 5.41) is 14.5.